The molecule has 2 fully saturated rings. The normalized spacial score (nSPS) is 28.2. The zero-order valence-electron chi connectivity index (χ0n) is 12.6. The summed E-state index contributed by atoms with van der Waals surface area (Å²) in [4.78, 5) is 25.5. The van der Waals surface area contributed by atoms with Crippen LogP contribution in [0.5, 0.6) is 0 Å². The first kappa shape index (κ1) is 15.3. The van der Waals surface area contributed by atoms with Crippen LogP contribution >= 0.6 is 0 Å². The van der Waals surface area contributed by atoms with E-state index < -0.39 is 5.60 Å². The number of ether oxygens (including phenoxy) is 1. The molecular weight excluding hydrogens is 256 g/mol. The number of carbonyl (C=O) groups is 2. The Balaban J connectivity index is 1.84. The third kappa shape index (κ3) is 3.72. The predicted molar refractivity (Wildman–Crippen MR) is 76.2 cm³/mol. The van der Waals surface area contributed by atoms with Crippen molar-refractivity contribution in [3.8, 4) is 0 Å². The van der Waals surface area contributed by atoms with Crippen LogP contribution in [0.1, 0.15) is 46.0 Å². The standard InChI is InChI=1S/C15H26N2O3/c1-12(18)17-8-9-20-15(2,11-17)14(19)16-10-13-6-4-3-5-7-13/h13H,3-11H2,1-2H3,(H,16,19)/t15-/m1/s1. The second-order valence-corrected chi connectivity index (χ2v) is 6.23. The second kappa shape index (κ2) is 6.57. The van der Waals surface area contributed by atoms with Crippen LogP contribution in [0, 0.1) is 5.92 Å². The highest BCUT2D eigenvalue weighted by Gasteiger charge is 2.40. The van der Waals surface area contributed by atoms with Gasteiger partial charge in [0.25, 0.3) is 5.91 Å². The Bertz CT molecular complexity index is 366. The van der Waals surface area contributed by atoms with Crippen molar-refractivity contribution in [1.82, 2.24) is 10.2 Å². The lowest BCUT2D eigenvalue weighted by Gasteiger charge is -2.39. The van der Waals surface area contributed by atoms with E-state index in [1.807, 2.05) is 0 Å². The summed E-state index contributed by atoms with van der Waals surface area (Å²) >= 11 is 0. The molecule has 0 unspecified atom stereocenters. The molecule has 0 bridgehead atoms. The molecule has 114 valence electrons. The van der Waals surface area contributed by atoms with Gasteiger partial charge in [-0.25, -0.2) is 0 Å². The number of hydrogen-bond acceptors (Lipinski definition) is 3. The molecule has 1 heterocycles. The minimum atomic E-state index is -0.904. The van der Waals surface area contributed by atoms with Crippen molar-refractivity contribution in [3.63, 3.8) is 0 Å². The van der Waals surface area contributed by atoms with Crippen LogP contribution in [0.3, 0.4) is 0 Å². The summed E-state index contributed by atoms with van der Waals surface area (Å²) in [5.74, 6) is 0.512. The van der Waals surface area contributed by atoms with Gasteiger partial charge < -0.3 is 15.0 Å². The zero-order chi connectivity index (χ0) is 14.6. The summed E-state index contributed by atoms with van der Waals surface area (Å²) in [6.07, 6.45) is 6.27. The molecule has 2 aliphatic rings. The topological polar surface area (TPSA) is 58.6 Å². The first-order valence-electron chi connectivity index (χ1n) is 7.69. The fourth-order valence-corrected chi connectivity index (χ4v) is 3.09. The van der Waals surface area contributed by atoms with Gasteiger partial charge in [0.1, 0.15) is 0 Å². The van der Waals surface area contributed by atoms with E-state index in [9.17, 15) is 9.59 Å². The first-order valence-corrected chi connectivity index (χ1v) is 7.69. The van der Waals surface area contributed by atoms with Gasteiger partial charge >= 0.3 is 0 Å². The van der Waals surface area contributed by atoms with Crippen molar-refractivity contribution in [3.05, 3.63) is 0 Å². The van der Waals surface area contributed by atoms with Gasteiger partial charge in [-0.1, -0.05) is 19.3 Å². The third-order valence-corrected chi connectivity index (χ3v) is 4.48. The molecule has 1 saturated carbocycles. The van der Waals surface area contributed by atoms with Gasteiger partial charge in [0.2, 0.25) is 5.91 Å². The Morgan fingerprint density at radius 2 is 2.00 bits per heavy atom. The summed E-state index contributed by atoms with van der Waals surface area (Å²) in [6.45, 7) is 5.38. The molecule has 1 N–H and O–H groups in total. The van der Waals surface area contributed by atoms with Crippen molar-refractivity contribution in [2.24, 2.45) is 5.92 Å². The number of nitrogens with one attached hydrogen (secondary N) is 1. The van der Waals surface area contributed by atoms with Crippen molar-refractivity contribution < 1.29 is 14.3 Å². The van der Waals surface area contributed by atoms with Gasteiger partial charge in [-0.15, -0.1) is 0 Å². The van der Waals surface area contributed by atoms with Gasteiger partial charge in [-0.05, 0) is 25.7 Å². The van der Waals surface area contributed by atoms with Crippen LogP contribution in [0.25, 0.3) is 0 Å². The van der Waals surface area contributed by atoms with Gasteiger partial charge in [-0.3, -0.25) is 9.59 Å². The van der Waals surface area contributed by atoms with Crippen molar-refractivity contribution in [2.75, 3.05) is 26.2 Å². The summed E-state index contributed by atoms with van der Waals surface area (Å²) in [5.41, 5.74) is -0.904. The third-order valence-electron chi connectivity index (χ3n) is 4.48. The monoisotopic (exact) mass is 282 g/mol. The van der Waals surface area contributed by atoms with Crippen LogP contribution in [-0.2, 0) is 14.3 Å². The Labute approximate surface area is 121 Å². The van der Waals surface area contributed by atoms with E-state index in [-0.39, 0.29) is 11.8 Å². The van der Waals surface area contributed by atoms with Crippen molar-refractivity contribution >= 4 is 11.8 Å². The number of amides is 2. The molecule has 5 heteroatoms. The average Bonchev–Trinajstić information content (AvgIpc) is 2.45. The van der Waals surface area contributed by atoms with Gasteiger partial charge in [0.05, 0.1) is 13.2 Å². The zero-order valence-corrected chi connectivity index (χ0v) is 12.6. The molecular formula is C15H26N2O3. The molecule has 0 radical (unpaired) electrons. The van der Waals surface area contributed by atoms with Crippen LogP contribution in [0.4, 0.5) is 0 Å². The van der Waals surface area contributed by atoms with Gasteiger partial charge in [-0.2, -0.15) is 0 Å². The number of nitrogens with zero attached hydrogens (tertiary/aromatic N) is 1. The maximum absolute atomic E-state index is 12.4. The molecule has 1 aliphatic carbocycles. The molecule has 0 aromatic carbocycles. The Morgan fingerprint density at radius 3 is 2.65 bits per heavy atom. The second-order valence-electron chi connectivity index (χ2n) is 6.23. The minimum Gasteiger partial charge on any atom is -0.362 e. The van der Waals surface area contributed by atoms with Crippen molar-refractivity contribution in [2.45, 2.75) is 51.6 Å². The Morgan fingerprint density at radius 1 is 1.30 bits per heavy atom. The maximum Gasteiger partial charge on any atom is 0.253 e. The highest BCUT2D eigenvalue weighted by molar-refractivity contribution is 5.86. The van der Waals surface area contributed by atoms with E-state index in [0.717, 1.165) is 6.54 Å². The lowest BCUT2D eigenvalue weighted by Crippen LogP contribution is -2.59. The minimum absolute atomic E-state index is 0.000365. The fraction of sp³-hybridized carbons (Fsp3) is 0.867. The summed E-state index contributed by atoms with van der Waals surface area (Å²) in [6, 6.07) is 0. The molecule has 20 heavy (non-hydrogen) atoms. The molecule has 1 atom stereocenters. The van der Waals surface area contributed by atoms with E-state index in [1.54, 1.807) is 11.8 Å². The molecule has 5 nitrogen and oxygen atoms in total. The molecule has 2 rings (SSSR count). The quantitative estimate of drug-likeness (QED) is 0.849. The summed E-state index contributed by atoms with van der Waals surface area (Å²) < 4.78 is 5.64. The van der Waals surface area contributed by atoms with Crippen LogP contribution < -0.4 is 5.32 Å². The molecule has 2 amide bonds. The first-order chi connectivity index (χ1) is 9.51. The Hall–Kier alpha value is -1.10. The van der Waals surface area contributed by atoms with E-state index in [2.05, 4.69) is 5.32 Å². The molecule has 0 aromatic heterocycles. The molecule has 0 aromatic rings. The number of rotatable bonds is 3. The van der Waals surface area contributed by atoms with Crippen LogP contribution in [0.15, 0.2) is 0 Å². The SMILES string of the molecule is CC(=O)N1CCO[C@@](C)(C(=O)NCC2CCCCC2)C1. The largest absolute Gasteiger partial charge is 0.362 e. The van der Waals surface area contributed by atoms with E-state index in [1.165, 1.54) is 39.0 Å². The van der Waals surface area contributed by atoms with Crippen LogP contribution in [-0.4, -0.2) is 48.6 Å². The highest BCUT2D eigenvalue weighted by atomic mass is 16.5. The fourth-order valence-electron chi connectivity index (χ4n) is 3.09. The lowest BCUT2D eigenvalue weighted by atomic mass is 9.89. The van der Waals surface area contributed by atoms with E-state index in [4.69, 9.17) is 4.74 Å². The van der Waals surface area contributed by atoms with Crippen LogP contribution in [0.2, 0.25) is 0 Å². The number of carbonyl (C=O) groups excluding carboxylic acids is 2. The smallest absolute Gasteiger partial charge is 0.253 e. The maximum atomic E-state index is 12.4. The Kier molecular flexibility index (Phi) is 5.02. The highest BCUT2D eigenvalue weighted by Crippen LogP contribution is 2.23. The number of morpholine rings is 1. The van der Waals surface area contributed by atoms with Gasteiger partial charge in [0.15, 0.2) is 5.60 Å². The van der Waals surface area contributed by atoms with E-state index >= 15 is 0 Å². The lowest BCUT2D eigenvalue weighted by molar-refractivity contribution is -0.162. The molecule has 0 spiro atoms. The molecule has 1 saturated heterocycles. The predicted octanol–water partition coefficient (Wildman–Crippen LogP) is 1.32. The average molecular weight is 282 g/mol. The number of hydrogen-bond donors (Lipinski definition) is 1. The van der Waals surface area contributed by atoms with Crippen molar-refractivity contribution in [1.29, 1.82) is 0 Å². The summed E-state index contributed by atoms with van der Waals surface area (Å²) in [5, 5.41) is 3.02. The molecule has 1 aliphatic heterocycles. The summed E-state index contributed by atoms with van der Waals surface area (Å²) in [7, 11) is 0. The van der Waals surface area contributed by atoms with Gasteiger partial charge in [0, 0.05) is 20.0 Å². The van der Waals surface area contributed by atoms with E-state index in [0.29, 0.717) is 25.6 Å².